The van der Waals surface area contributed by atoms with E-state index >= 15 is 0 Å². The van der Waals surface area contributed by atoms with Crippen molar-refractivity contribution >= 4 is 17.7 Å². The molecule has 0 saturated carbocycles. The Morgan fingerprint density at radius 2 is 2.30 bits per heavy atom. The molecule has 3 rings (SSSR count). The highest BCUT2D eigenvalue weighted by atomic mass is 32.2. The molecule has 2 aliphatic rings. The van der Waals surface area contributed by atoms with Gasteiger partial charge in [-0.1, -0.05) is 23.9 Å². The van der Waals surface area contributed by atoms with Crippen molar-refractivity contribution in [3.8, 4) is 0 Å². The average Bonchev–Trinajstić information content (AvgIpc) is 3.07. The van der Waals surface area contributed by atoms with E-state index in [1.807, 2.05) is 0 Å². The highest BCUT2D eigenvalue weighted by Crippen LogP contribution is 2.40. The molecule has 1 aromatic carbocycles. The van der Waals surface area contributed by atoms with Crippen LogP contribution in [0.2, 0.25) is 0 Å². The summed E-state index contributed by atoms with van der Waals surface area (Å²) in [5.41, 5.74) is 0.686. The van der Waals surface area contributed by atoms with Gasteiger partial charge in [0.2, 0.25) is 0 Å². The Bertz CT molecular complexity index is 570. The fourth-order valence-corrected chi connectivity index (χ4v) is 3.57. The number of hydrogen-bond donors (Lipinski definition) is 3. The molecule has 1 aromatic rings. The van der Waals surface area contributed by atoms with E-state index in [2.05, 4.69) is 10.6 Å². The van der Waals surface area contributed by atoms with E-state index in [1.54, 1.807) is 12.1 Å². The first-order valence-electron chi connectivity index (χ1n) is 6.54. The van der Waals surface area contributed by atoms with Crippen LogP contribution in [-0.4, -0.2) is 23.6 Å². The Morgan fingerprint density at radius 1 is 1.45 bits per heavy atom. The molecule has 0 aromatic heterocycles. The lowest BCUT2D eigenvalue weighted by Gasteiger charge is -2.11. The van der Waals surface area contributed by atoms with Gasteiger partial charge in [0.15, 0.2) is 0 Å². The van der Waals surface area contributed by atoms with Gasteiger partial charge in [-0.05, 0) is 37.1 Å². The summed E-state index contributed by atoms with van der Waals surface area (Å²) < 4.78 is 13.2. The third-order valence-electron chi connectivity index (χ3n) is 3.48. The van der Waals surface area contributed by atoms with Crippen LogP contribution in [0.15, 0.2) is 34.9 Å². The molecule has 3 N–H and O–H groups in total. The summed E-state index contributed by atoms with van der Waals surface area (Å²) in [6, 6.07) is 5.98. The molecule has 6 heteroatoms. The van der Waals surface area contributed by atoms with Crippen LogP contribution in [0.1, 0.15) is 23.8 Å². The summed E-state index contributed by atoms with van der Waals surface area (Å²) in [5, 5.41) is 15.8. The summed E-state index contributed by atoms with van der Waals surface area (Å²) in [5.74, 6) is -0.532. The summed E-state index contributed by atoms with van der Waals surface area (Å²) in [6.45, 7) is 0.849. The van der Waals surface area contributed by atoms with Crippen molar-refractivity contribution in [2.24, 2.45) is 0 Å². The molecule has 106 valence electrons. The van der Waals surface area contributed by atoms with Crippen LogP contribution in [0.25, 0.3) is 0 Å². The second kappa shape index (κ2) is 5.46. The molecule has 20 heavy (non-hydrogen) atoms. The highest BCUT2D eigenvalue weighted by Gasteiger charge is 2.34. The van der Waals surface area contributed by atoms with Crippen molar-refractivity contribution in [3.63, 3.8) is 0 Å². The van der Waals surface area contributed by atoms with Crippen molar-refractivity contribution in [1.29, 1.82) is 0 Å². The standard InChI is InChI=1S/C14H15FN2O2S/c15-9-4-1-3-8(7-9)14-17-13(19)12(20-14)11(18)10-5-2-6-16-10/h1,3-4,7,10,14,16,18H,2,5-6H2,(H,17,19). The summed E-state index contributed by atoms with van der Waals surface area (Å²) in [7, 11) is 0. The molecular formula is C14H15FN2O2S. The Kier molecular flexibility index (Phi) is 3.67. The van der Waals surface area contributed by atoms with Crippen molar-refractivity contribution in [1.82, 2.24) is 10.6 Å². The third kappa shape index (κ3) is 2.53. The fraction of sp³-hybridized carbons (Fsp3) is 0.357. The SMILES string of the molecule is O=C1NC(c2cccc(F)c2)SC1=C(O)C1CCCN1. The number of carbonyl (C=O) groups is 1. The van der Waals surface area contributed by atoms with Gasteiger partial charge >= 0.3 is 0 Å². The number of halogens is 1. The molecule has 2 unspecified atom stereocenters. The number of rotatable bonds is 2. The Labute approximate surface area is 120 Å². The summed E-state index contributed by atoms with van der Waals surface area (Å²) in [4.78, 5) is 12.3. The Balaban J connectivity index is 1.83. The average molecular weight is 294 g/mol. The second-order valence-electron chi connectivity index (χ2n) is 4.89. The third-order valence-corrected chi connectivity index (χ3v) is 4.73. The number of thioether (sulfide) groups is 1. The zero-order chi connectivity index (χ0) is 14.1. The van der Waals surface area contributed by atoms with E-state index < -0.39 is 0 Å². The molecule has 0 spiro atoms. The van der Waals surface area contributed by atoms with Crippen LogP contribution in [0.4, 0.5) is 4.39 Å². The predicted molar refractivity (Wildman–Crippen MR) is 75.6 cm³/mol. The Hall–Kier alpha value is -1.53. The zero-order valence-electron chi connectivity index (χ0n) is 10.7. The number of carbonyl (C=O) groups excluding carboxylic acids is 1. The van der Waals surface area contributed by atoms with Crippen LogP contribution in [-0.2, 0) is 4.79 Å². The van der Waals surface area contributed by atoms with Gasteiger partial charge in [-0.25, -0.2) is 4.39 Å². The van der Waals surface area contributed by atoms with E-state index in [0.717, 1.165) is 19.4 Å². The van der Waals surface area contributed by atoms with Gasteiger partial charge in [-0.3, -0.25) is 4.79 Å². The van der Waals surface area contributed by atoms with E-state index in [0.29, 0.717) is 10.5 Å². The lowest BCUT2D eigenvalue weighted by molar-refractivity contribution is -0.116. The topological polar surface area (TPSA) is 61.4 Å². The molecule has 1 amide bonds. The van der Waals surface area contributed by atoms with Gasteiger partial charge in [0.1, 0.15) is 21.9 Å². The van der Waals surface area contributed by atoms with Gasteiger partial charge < -0.3 is 15.7 Å². The minimum absolute atomic E-state index is 0.101. The van der Waals surface area contributed by atoms with E-state index in [1.165, 1.54) is 23.9 Å². The summed E-state index contributed by atoms with van der Waals surface area (Å²) in [6.07, 6.45) is 1.81. The monoisotopic (exact) mass is 294 g/mol. The maximum absolute atomic E-state index is 13.2. The van der Waals surface area contributed by atoms with E-state index in [9.17, 15) is 14.3 Å². The minimum atomic E-state index is -0.350. The maximum atomic E-state index is 13.2. The molecule has 0 aliphatic carbocycles. The van der Waals surface area contributed by atoms with Crippen molar-refractivity contribution in [2.45, 2.75) is 24.3 Å². The van der Waals surface area contributed by atoms with Crippen LogP contribution in [0.3, 0.4) is 0 Å². The lowest BCUT2D eigenvalue weighted by Crippen LogP contribution is -2.26. The van der Waals surface area contributed by atoms with Gasteiger partial charge in [0.05, 0.1) is 6.04 Å². The van der Waals surface area contributed by atoms with Gasteiger partial charge in [-0.2, -0.15) is 0 Å². The molecule has 2 saturated heterocycles. The Morgan fingerprint density at radius 3 is 3.00 bits per heavy atom. The second-order valence-corrected chi connectivity index (χ2v) is 6.01. The molecule has 4 nitrogen and oxygen atoms in total. The van der Waals surface area contributed by atoms with Gasteiger partial charge in [0.25, 0.3) is 5.91 Å². The molecular weight excluding hydrogens is 279 g/mol. The largest absolute Gasteiger partial charge is 0.509 e. The van der Waals surface area contributed by atoms with Crippen molar-refractivity contribution < 1.29 is 14.3 Å². The predicted octanol–water partition coefficient (Wildman–Crippen LogP) is 2.21. The lowest BCUT2D eigenvalue weighted by atomic mass is 10.2. The molecule has 2 aliphatic heterocycles. The maximum Gasteiger partial charge on any atom is 0.262 e. The number of benzene rings is 1. The van der Waals surface area contributed by atoms with Crippen LogP contribution >= 0.6 is 11.8 Å². The molecule has 2 atom stereocenters. The number of amides is 1. The number of aliphatic hydroxyl groups is 1. The first-order valence-corrected chi connectivity index (χ1v) is 7.42. The molecule has 0 radical (unpaired) electrons. The fourth-order valence-electron chi connectivity index (χ4n) is 2.46. The van der Waals surface area contributed by atoms with Gasteiger partial charge in [-0.15, -0.1) is 0 Å². The number of nitrogens with one attached hydrogen (secondary N) is 2. The molecule has 2 fully saturated rings. The summed E-state index contributed by atoms with van der Waals surface area (Å²) >= 11 is 1.24. The number of aliphatic hydroxyl groups excluding tert-OH is 1. The first kappa shape index (κ1) is 13.5. The van der Waals surface area contributed by atoms with Crippen molar-refractivity contribution in [2.75, 3.05) is 6.54 Å². The molecule has 0 bridgehead atoms. The minimum Gasteiger partial charge on any atom is -0.509 e. The molecule has 2 heterocycles. The van der Waals surface area contributed by atoms with Crippen LogP contribution in [0, 0.1) is 5.82 Å². The smallest absolute Gasteiger partial charge is 0.262 e. The number of hydrogen-bond acceptors (Lipinski definition) is 4. The zero-order valence-corrected chi connectivity index (χ0v) is 11.5. The quantitative estimate of drug-likeness (QED) is 0.578. The van der Waals surface area contributed by atoms with E-state index in [-0.39, 0.29) is 28.9 Å². The highest BCUT2D eigenvalue weighted by molar-refractivity contribution is 8.04. The van der Waals surface area contributed by atoms with Crippen LogP contribution in [0.5, 0.6) is 0 Å². The first-order chi connectivity index (χ1) is 9.65. The van der Waals surface area contributed by atoms with Crippen molar-refractivity contribution in [3.05, 3.63) is 46.3 Å². The van der Waals surface area contributed by atoms with Crippen LogP contribution < -0.4 is 10.6 Å². The van der Waals surface area contributed by atoms with Gasteiger partial charge in [0, 0.05) is 0 Å². The normalized spacial score (nSPS) is 28.6. The van der Waals surface area contributed by atoms with E-state index in [4.69, 9.17) is 0 Å².